The largest absolute Gasteiger partial charge is 0.481 e. The van der Waals surface area contributed by atoms with Crippen LogP contribution in [0.15, 0.2) is 0 Å². The van der Waals surface area contributed by atoms with E-state index in [2.05, 4.69) is 5.32 Å². The lowest BCUT2D eigenvalue weighted by Gasteiger charge is -2.29. The predicted octanol–water partition coefficient (Wildman–Crippen LogP) is 0.748. The smallest absolute Gasteiger partial charge is 0.318 e. The van der Waals surface area contributed by atoms with Crippen molar-refractivity contribution in [2.45, 2.75) is 46.2 Å². The molecule has 0 rings (SSSR count). The number of carboxylic acids is 1. The number of aliphatic carboxylic acids is 1. The summed E-state index contributed by atoms with van der Waals surface area (Å²) in [5.41, 5.74) is 0. The van der Waals surface area contributed by atoms with Crippen LogP contribution in [-0.4, -0.2) is 65.0 Å². The quantitative estimate of drug-likeness (QED) is 0.723. The van der Waals surface area contributed by atoms with Crippen LogP contribution in [0.25, 0.3) is 0 Å². The summed E-state index contributed by atoms with van der Waals surface area (Å²) in [5.74, 6) is -1.14. The molecule has 0 aliphatic rings. The van der Waals surface area contributed by atoms with Crippen molar-refractivity contribution in [3.05, 3.63) is 0 Å². The Labute approximate surface area is 119 Å². The highest BCUT2D eigenvalue weighted by Gasteiger charge is 2.23. The fourth-order valence-corrected chi connectivity index (χ4v) is 1.63. The number of urea groups is 1. The number of likely N-dealkylation sites (N-methyl/N-ethyl adjacent to an activating group) is 1. The van der Waals surface area contributed by atoms with Crippen molar-refractivity contribution >= 4 is 17.9 Å². The molecule has 0 aromatic heterocycles. The maximum absolute atomic E-state index is 12.1. The van der Waals surface area contributed by atoms with Crippen LogP contribution in [0.3, 0.4) is 0 Å². The Hall–Kier alpha value is -1.79. The van der Waals surface area contributed by atoms with E-state index >= 15 is 0 Å². The predicted molar refractivity (Wildman–Crippen MR) is 75.4 cm³/mol. The van der Waals surface area contributed by atoms with Crippen LogP contribution >= 0.6 is 0 Å². The molecule has 2 N–H and O–H groups in total. The highest BCUT2D eigenvalue weighted by atomic mass is 16.4. The van der Waals surface area contributed by atoms with Crippen molar-refractivity contribution in [2.75, 3.05) is 20.1 Å². The molecule has 0 aromatic rings. The molecule has 0 saturated heterocycles. The lowest BCUT2D eigenvalue weighted by atomic mass is 10.2. The van der Waals surface area contributed by atoms with Crippen molar-refractivity contribution < 1.29 is 19.5 Å². The van der Waals surface area contributed by atoms with Gasteiger partial charge in [0.2, 0.25) is 5.91 Å². The highest BCUT2D eigenvalue weighted by molar-refractivity contribution is 5.86. The minimum atomic E-state index is -0.960. The second-order valence-electron chi connectivity index (χ2n) is 4.95. The number of nitrogens with one attached hydrogen (secondary N) is 1. The molecule has 20 heavy (non-hydrogen) atoms. The van der Waals surface area contributed by atoms with Gasteiger partial charge in [0.1, 0.15) is 6.04 Å². The normalized spacial score (nSPS) is 11.9. The van der Waals surface area contributed by atoms with E-state index in [0.717, 1.165) is 0 Å². The van der Waals surface area contributed by atoms with Crippen molar-refractivity contribution in [1.29, 1.82) is 0 Å². The molecule has 3 amide bonds. The van der Waals surface area contributed by atoms with E-state index in [1.165, 1.54) is 9.80 Å². The third-order valence-corrected chi connectivity index (χ3v) is 3.01. The highest BCUT2D eigenvalue weighted by Crippen LogP contribution is 2.02. The molecule has 0 aromatic carbocycles. The summed E-state index contributed by atoms with van der Waals surface area (Å²) in [6, 6.07) is -1.20. The number of rotatable bonds is 7. The van der Waals surface area contributed by atoms with Crippen LogP contribution < -0.4 is 5.32 Å². The zero-order valence-corrected chi connectivity index (χ0v) is 12.8. The summed E-state index contributed by atoms with van der Waals surface area (Å²) in [4.78, 5) is 37.5. The number of carbonyl (C=O) groups is 3. The molecule has 0 spiro atoms. The third kappa shape index (κ3) is 5.90. The maximum Gasteiger partial charge on any atom is 0.318 e. The number of hydrogen-bond acceptors (Lipinski definition) is 3. The monoisotopic (exact) mass is 287 g/mol. The molecular weight excluding hydrogens is 262 g/mol. The van der Waals surface area contributed by atoms with Gasteiger partial charge in [0.05, 0.1) is 6.42 Å². The van der Waals surface area contributed by atoms with Crippen LogP contribution in [0.1, 0.15) is 34.1 Å². The minimum absolute atomic E-state index is 0.114. The number of amides is 3. The van der Waals surface area contributed by atoms with E-state index in [1.807, 2.05) is 6.92 Å². The van der Waals surface area contributed by atoms with Crippen molar-refractivity contribution in [2.24, 2.45) is 0 Å². The fourth-order valence-electron chi connectivity index (χ4n) is 1.63. The Balaban J connectivity index is 4.60. The molecule has 0 heterocycles. The lowest BCUT2D eigenvalue weighted by molar-refractivity contribution is -0.137. The summed E-state index contributed by atoms with van der Waals surface area (Å²) >= 11 is 0. The molecule has 0 aliphatic carbocycles. The molecule has 7 heteroatoms. The average Bonchev–Trinajstić information content (AvgIpc) is 2.35. The van der Waals surface area contributed by atoms with Gasteiger partial charge in [-0.05, 0) is 27.7 Å². The SMILES string of the molecule is CCN(C)C(=O)C(C)NC(=O)N(CCC(=O)O)C(C)C. The van der Waals surface area contributed by atoms with Crippen LogP contribution in [0.2, 0.25) is 0 Å². The molecule has 1 unspecified atom stereocenters. The Morgan fingerprint density at radius 1 is 1.20 bits per heavy atom. The van der Waals surface area contributed by atoms with E-state index in [0.29, 0.717) is 6.54 Å². The lowest BCUT2D eigenvalue weighted by Crippen LogP contribution is -2.52. The molecule has 116 valence electrons. The zero-order chi connectivity index (χ0) is 15.9. The number of nitrogens with zero attached hydrogens (tertiary/aromatic N) is 2. The van der Waals surface area contributed by atoms with Gasteiger partial charge in [-0.3, -0.25) is 9.59 Å². The molecule has 7 nitrogen and oxygen atoms in total. The molecule has 0 radical (unpaired) electrons. The molecule has 0 bridgehead atoms. The van der Waals surface area contributed by atoms with Gasteiger partial charge in [-0.2, -0.15) is 0 Å². The Bertz CT molecular complexity index is 358. The second kappa shape index (κ2) is 8.39. The first-order valence-electron chi connectivity index (χ1n) is 6.74. The molecule has 1 atom stereocenters. The zero-order valence-electron chi connectivity index (χ0n) is 12.8. The summed E-state index contributed by atoms with van der Waals surface area (Å²) < 4.78 is 0. The number of carboxylic acid groups (broad SMARTS) is 1. The van der Waals surface area contributed by atoms with E-state index in [-0.39, 0.29) is 24.9 Å². The fraction of sp³-hybridized carbons (Fsp3) is 0.769. The summed E-state index contributed by atoms with van der Waals surface area (Å²) in [5, 5.41) is 11.3. The van der Waals surface area contributed by atoms with Gasteiger partial charge in [-0.1, -0.05) is 0 Å². The van der Waals surface area contributed by atoms with Crippen LogP contribution in [0, 0.1) is 0 Å². The standard InChI is InChI=1S/C13H25N3O4/c1-6-15(5)12(19)10(4)14-13(20)16(9(2)3)8-7-11(17)18/h9-10H,6-8H2,1-5H3,(H,14,20)(H,17,18). The molecular formula is C13H25N3O4. The van der Waals surface area contributed by atoms with E-state index in [9.17, 15) is 14.4 Å². The summed E-state index contributed by atoms with van der Waals surface area (Å²) in [6.45, 7) is 7.73. The molecule has 0 saturated carbocycles. The molecule has 0 aliphatic heterocycles. The van der Waals surface area contributed by atoms with E-state index < -0.39 is 18.0 Å². The topological polar surface area (TPSA) is 90.0 Å². The molecule has 0 fully saturated rings. The van der Waals surface area contributed by atoms with Gasteiger partial charge in [-0.15, -0.1) is 0 Å². The Morgan fingerprint density at radius 3 is 2.15 bits per heavy atom. The number of carbonyl (C=O) groups excluding carboxylic acids is 2. The van der Waals surface area contributed by atoms with Gasteiger partial charge < -0.3 is 20.2 Å². The first kappa shape index (κ1) is 18.2. The van der Waals surface area contributed by atoms with Gasteiger partial charge >= 0.3 is 12.0 Å². The minimum Gasteiger partial charge on any atom is -0.481 e. The average molecular weight is 287 g/mol. The first-order chi connectivity index (χ1) is 9.20. The summed E-state index contributed by atoms with van der Waals surface area (Å²) in [6.07, 6.45) is -0.122. The van der Waals surface area contributed by atoms with Gasteiger partial charge in [0.15, 0.2) is 0 Å². The first-order valence-corrected chi connectivity index (χ1v) is 6.74. The maximum atomic E-state index is 12.1. The van der Waals surface area contributed by atoms with Crippen molar-refractivity contribution in [3.8, 4) is 0 Å². The second-order valence-corrected chi connectivity index (χ2v) is 4.95. The van der Waals surface area contributed by atoms with Crippen LogP contribution in [0.5, 0.6) is 0 Å². The van der Waals surface area contributed by atoms with Gasteiger partial charge in [0, 0.05) is 26.2 Å². The van der Waals surface area contributed by atoms with Crippen molar-refractivity contribution in [3.63, 3.8) is 0 Å². The van der Waals surface area contributed by atoms with Gasteiger partial charge in [-0.25, -0.2) is 4.79 Å². The Kier molecular flexibility index (Phi) is 7.64. The Morgan fingerprint density at radius 2 is 1.75 bits per heavy atom. The van der Waals surface area contributed by atoms with Crippen LogP contribution in [-0.2, 0) is 9.59 Å². The number of hydrogen-bond donors (Lipinski definition) is 2. The third-order valence-electron chi connectivity index (χ3n) is 3.01. The van der Waals surface area contributed by atoms with Crippen molar-refractivity contribution in [1.82, 2.24) is 15.1 Å². The van der Waals surface area contributed by atoms with E-state index in [4.69, 9.17) is 5.11 Å². The van der Waals surface area contributed by atoms with Gasteiger partial charge in [0.25, 0.3) is 0 Å². The van der Waals surface area contributed by atoms with E-state index in [1.54, 1.807) is 27.8 Å². The van der Waals surface area contributed by atoms with Crippen LogP contribution in [0.4, 0.5) is 4.79 Å². The summed E-state index contributed by atoms with van der Waals surface area (Å²) in [7, 11) is 1.66.